The highest BCUT2D eigenvalue weighted by molar-refractivity contribution is 7.43. The molecule has 0 spiro atoms. The van der Waals surface area contributed by atoms with E-state index in [1.54, 1.807) is 28.4 Å². The molecule has 13 rings (SSSR count). The Morgan fingerprint density at radius 1 is 0.366 bits per heavy atom. The summed E-state index contributed by atoms with van der Waals surface area (Å²) in [5.41, 5.74) is 4.13. The molecule has 0 saturated carbocycles. The molecule has 2 aliphatic heterocycles. The molecule has 3 heterocycles. The number of rotatable bonds is 13. The second-order valence-electron chi connectivity index (χ2n) is 28.7. The highest BCUT2D eigenvalue weighted by atomic mass is 31.2. The minimum atomic E-state index is -2.32. The first-order valence-electron chi connectivity index (χ1n) is 31.1. The molecule has 0 amide bonds. The third kappa shape index (κ3) is 11.9. The van der Waals surface area contributed by atoms with Gasteiger partial charge < -0.3 is 63.4 Å². The van der Waals surface area contributed by atoms with Crippen LogP contribution in [0.1, 0.15) is 105 Å². The SMILES string of the molecule is COc1cc(-c2cc(OC)cc(C(C)(C)C)c2OP2Oc3cccc4cc5cccc(O[Si](C)(C)C)c5c(c34)O2)c(OP2Oc3cccc4cc5cccc(Op6oc7c(C(C)(C)C)cc(OC)cc7c7cc(OC)cc(C(C)(C)C)c7o6)c5c(c34)O2)c(C(C)(C)C)c1. The van der Waals surface area contributed by atoms with Crippen LogP contribution in [0.3, 0.4) is 0 Å². The van der Waals surface area contributed by atoms with Crippen molar-refractivity contribution in [3.05, 3.63) is 156 Å². The Kier molecular flexibility index (Phi) is 16.0. The van der Waals surface area contributed by atoms with Crippen molar-refractivity contribution in [3.8, 4) is 80.1 Å². The lowest BCUT2D eigenvalue weighted by Gasteiger charge is -2.32. The second kappa shape index (κ2) is 23.4. The maximum absolute atomic E-state index is 7.47. The van der Waals surface area contributed by atoms with Gasteiger partial charge in [-0.05, 0) is 148 Å². The van der Waals surface area contributed by atoms with E-state index in [0.717, 1.165) is 76.5 Å². The van der Waals surface area contributed by atoms with Gasteiger partial charge in [0, 0.05) is 44.2 Å². The van der Waals surface area contributed by atoms with Crippen molar-refractivity contribution < 1.29 is 63.4 Å². The average molecular weight is 1330 g/mol. The van der Waals surface area contributed by atoms with Gasteiger partial charge in [0.25, 0.3) is 0 Å². The smallest absolute Gasteiger partial charge is 0.530 e. The van der Waals surface area contributed by atoms with E-state index in [0.29, 0.717) is 90.9 Å². The molecule has 0 bridgehead atoms. The molecule has 14 nitrogen and oxygen atoms in total. The van der Waals surface area contributed by atoms with Gasteiger partial charge in [0.1, 0.15) is 68.7 Å². The third-order valence-electron chi connectivity index (χ3n) is 16.7. The summed E-state index contributed by atoms with van der Waals surface area (Å²) < 4.78 is 95.8. The lowest BCUT2D eigenvalue weighted by atomic mass is 9.81. The van der Waals surface area contributed by atoms with Gasteiger partial charge in [0.2, 0.25) is 8.32 Å². The topological polar surface area (TPSA) is 137 Å². The lowest BCUT2D eigenvalue weighted by Crippen LogP contribution is -2.29. The second-order valence-corrected chi connectivity index (χ2v) is 36.2. The first kappa shape index (κ1) is 63.6. The minimum Gasteiger partial charge on any atom is -0.544 e. The van der Waals surface area contributed by atoms with E-state index in [1.165, 1.54) is 0 Å². The van der Waals surface area contributed by atoms with Crippen LogP contribution in [0.25, 0.3) is 76.2 Å². The number of hydrogen-bond donors (Lipinski definition) is 0. The molecule has 0 saturated heterocycles. The molecule has 1 aromatic heterocycles. The van der Waals surface area contributed by atoms with Crippen molar-refractivity contribution in [1.29, 1.82) is 0 Å². The fraction of sp³-hybridized carbons (Fsp3) is 0.307. The van der Waals surface area contributed by atoms with Crippen molar-refractivity contribution in [1.82, 2.24) is 0 Å². The Hall–Kier alpha value is -8.18. The van der Waals surface area contributed by atoms with Crippen LogP contribution in [0.15, 0.2) is 142 Å². The van der Waals surface area contributed by atoms with Crippen molar-refractivity contribution >= 4 is 98.8 Å². The molecule has 0 N–H and O–H groups in total. The summed E-state index contributed by atoms with van der Waals surface area (Å²) in [5, 5.41) is 8.43. The quantitative estimate of drug-likeness (QED) is 0.0615. The summed E-state index contributed by atoms with van der Waals surface area (Å²) in [6.45, 7) is 32.3. The highest BCUT2D eigenvalue weighted by Gasteiger charge is 2.39. The lowest BCUT2D eigenvalue weighted by molar-refractivity contribution is 0.371. The Balaban J connectivity index is 0.972. The first-order chi connectivity index (χ1) is 44.0. The summed E-state index contributed by atoms with van der Waals surface area (Å²) in [5.74, 6) is 7.11. The molecule has 2 atom stereocenters. The molecule has 11 aromatic rings. The van der Waals surface area contributed by atoms with E-state index in [-0.39, 0.29) is 0 Å². The van der Waals surface area contributed by atoms with Crippen molar-refractivity contribution in [2.75, 3.05) is 28.4 Å². The zero-order chi connectivity index (χ0) is 66.0. The molecule has 0 aliphatic carbocycles. The number of ether oxygens (including phenoxy) is 4. The predicted octanol–water partition coefficient (Wildman–Crippen LogP) is 23.0. The summed E-state index contributed by atoms with van der Waals surface area (Å²) in [6.07, 6.45) is 0. The van der Waals surface area contributed by atoms with Crippen molar-refractivity contribution in [3.63, 3.8) is 0 Å². The van der Waals surface area contributed by atoms with E-state index in [1.807, 2.05) is 103 Å². The highest BCUT2D eigenvalue weighted by Crippen LogP contribution is 2.62. The van der Waals surface area contributed by atoms with Crippen LogP contribution in [-0.4, -0.2) is 36.8 Å². The van der Waals surface area contributed by atoms with Gasteiger partial charge in [-0.3, -0.25) is 0 Å². The summed E-state index contributed by atoms with van der Waals surface area (Å²) in [7, 11) is -2.17. The van der Waals surface area contributed by atoms with E-state index in [4.69, 9.17) is 63.4 Å². The molecule has 2 unspecified atom stereocenters. The van der Waals surface area contributed by atoms with Gasteiger partial charge in [-0.2, -0.15) is 0 Å². The van der Waals surface area contributed by atoms with E-state index >= 15 is 0 Å². The van der Waals surface area contributed by atoms with Gasteiger partial charge in [0.05, 0.1) is 50.0 Å². The molecule has 0 fully saturated rings. The van der Waals surface area contributed by atoms with E-state index in [9.17, 15) is 0 Å². The largest absolute Gasteiger partial charge is 0.544 e. The van der Waals surface area contributed by atoms with E-state index < -0.39 is 55.4 Å². The zero-order valence-corrected chi connectivity index (χ0v) is 59.9. The Labute approximate surface area is 547 Å². The first-order valence-corrected chi connectivity index (χ1v) is 37.8. The number of benzene rings is 10. The third-order valence-corrected chi connectivity index (χ3v) is 20.6. The summed E-state index contributed by atoms with van der Waals surface area (Å²) >= 11 is 0. The normalized spacial score (nSPS) is 15.0. The molecule has 18 heteroatoms. The van der Waals surface area contributed by atoms with Gasteiger partial charge in [0.15, 0.2) is 11.5 Å². The Morgan fingerprint density at radius 2 is 0.720 bits per heavy atom. The molecule has 93 heavy (non-hydrogen) atoms. The molecule has 10 aromatic carbocycles. The van der Waals surface area contributed by atoms with Gasteiger partial charge in [-0.15, -0.1) is 0 Å². The summed E-state index contributed by atoms with van der Waals surface area (Å²) in [4.78, 5) is 0. The van der Waals surface area contributed by atoms with Gasteiger partial charge in [-0.1, -0.05) is 132 Å². The molecule has 2 aliphatic rings. The number of hydrogen-bond acceptors (Lipinski definition) is 14. The fourth-order valence-electron chi connectivity index (χ4n) is 12.2. The minimum absolute atomic E-state index is 0.391. The standard InChI is InChI=1S/C75H79O14P3Si/c1-72(2,3)54-38-46(76-13)34-50-51-35-47(77-14)39-55(73(4,5)6)67(51)84-90(83-66(50)54)80-58-28-20-24-42-32-43-25-21-29-59-63(43)70(62(42)58)87-91(81-59)85-68-52(36-48(78-15)40-56(68)74(7,8)9)53-37-49(79-16)41-57(75(10,11)12)69(53)86-92-82-60-30-22-26-44-33-45-27-23-31-61(89-93(17,18)19)65(45)71(88-92)64(44)60/h20-41H,1-19H3. The monoisotopic (exact) mass is 1320 g/mol. The maximum atomic E-state index is 7.47. The van der Waals surface area contributed by atoms with Gasteiger partial charge >= 0.3 is 25.4 Å². The molecule has 0 radical (unpaired) electrons. The van der Waals surface area contributed by atoms with Crippen LogP contribution in [0, 0.1) is 0 Å². The number of fused-ring (bicyclic) bond motifs is 7. The molecule has 482 valence electrons. The fourth-order valence-corrected chi connectivity index (χ4v) is 16.4. The van der Waals surface area contributed by atoms with E-state index in [2.05, 4.69) is 133 Å². The maximum Gasteiger partial charge on any atom is 0.530 e. The van der Waals surface area contributed by atoms with Crippen LogP contribution < -0.4 is 55.0 Å². The number of methoxy groups -OCH3 is 4. The van der Waals surface area contributed by atoms with Crippen LogP contribution in [-0.2, 0) is 21.7 Å². The Morgan fingerprint density at radius 3 is 1.11 bits per heavy atom. The van der Waals surface area contributed by atoms with Gasteiger partial charge in [-0.25, -0.2) is 0 Å². The zero-order valence-electron chi connectivity index (χ0n) is 56.3. The van der Waals surface area contributed by atoms with Crippen LogP contribution >= 0.6 is 25.4 Å². The van der Waals surface area contributed by atoms with Crippen LogP contribution in [0.2, 0.25) is 19.6 Å². The molecular weight excluding hydrogens is 1250 g/mol. The predicted molar refractivity (Wildman–Crippen MR) is 380 cm³/mol. The summed E-state index contributed by atoms with van der Waals surface area (Å²) in [6, 6.07) is 44.3. The Bertz CT molecular complexity index is 4790. The van der Waals surface area contributed by atoms with Crippen molar-refractivity contribution in [2.45, 2.75) is 124 Å². The van der Waals surface area contributed by atoms with Crippen LogP contribution in [0.5, 0.6) is 69.0 Å². The average Bonchev–Trinajstić information content (AvgIpc) is 1.30. The van der Waals surface area contributed by atoms with Crippen molar-refractivity contribution in [2.24, 2.45) is 0 Å². The van der Waals surface area contributed by atoms with Crippen LogP contribution in [0.4, 0.5) is 0 Å². The molecular formula is C75H79O14P3Si.